The Balaban J connectivity index is 2.71. The van der Waals surface area contributed by atoms with Crippen LogP contribution in [0.5, 0.6) is 0 Å². The molecule has 108 valence electrons. The van der Waals surface area contributed by atoms with Gasteiger partial charge in [0, 0.05) is 6.04 Å². The summed E-state index contributed by atoms with van der Waals surface area (Å²) in [5.74, 6) is 0. The predicted molar refractivity (Wildman–Crippen MR) is 75.0 cm³/mol. The fraction of sp³-hybridized carbons (Fsp3) is 0.714. The summed E-state index contributed by atoms with van der Waals surface area (Å²) in [5.41, 5.74) is 0.501. The number of hydrogen-bond donors (Lipinski definition) is 1. The Labute approximate surface area is 115 Å². The molecular formula is C14H25N3O2. The maximum Gasteiger partial charge on any atom is 0.408 e. The van der Waals surface area contributed by atoms with Crippen molar-refractivity contribution in [2.24, 2.45) is 0 Å². The van der Waals surface area contributed by atoms with Crippen LogP contribution in [-0.2, 0) is 4.74 Å². The molecule has 0 aliphatic carbocycles. The lowest BCUT2D eigenvalue weighted by Gasteiger charge is -2.23. The number of carbonyl (C=O) groups excluding carboxylic acids is 1. The molecule has 0 aliphatic heterocycles. The highest BCUT2D eigenvalue weighted by atomic mass is 16.6. The minimum atomic E-state index is -0.485. The zero-order valence-corrected chi connectivity index (χ0v) is 12.7. The standard InChI is InChI=1S/C14H25N3O2/c1-7-10(2)17-9-15-8-12(17)11(3)16-13(18)19-14(4,5)6/h8-11H,7H2,1-6H3,(H,16,18)/t10?,11-/m0/s1. The lowest BCUT2D eigenvalue weighted by molar-refractivity contribution is 0.0506. The summed E-state index contributed by atoms with van der Waals surface area (Å²) in [6.45, 7) is 11.7. The van der Waals surface area contributed by atoms with Crippen LogP contribution in [0, 0.1) is 0 Å². The number of hydrogen-bond acceptors (Lipinski definition) is 3. The largest absolute Gasteiger partial charge is 0.444 e. The summed E-state index contributed by atoms with van der Waals surface area (Å²) in [7, 11) is 0. The van der Waals surface area contributed by atoms with Crippen molar-refractivity contribution in [3.05, 3.63) is 18.2 Å². The number of nitrogens with zero attached hydrogens (tertiary/aromatic N) is 2. The molecule has 0 saturated heterocycles. The summed E-state index contributed by atoms with van der Waals surface area (Å²) in [6.07, 6.45) is 4.20. The van der Waals surface area contributed by atoms with Crippen molar-refractivity contribution in [2.45, 2.75) is 65.6 Å². The van der Waals surface area contributed by atoms with Gasteiger partial charge < -0.3 is 14.6 Å². The summed E-state index contributed by atoms with van der Waals surface area (Å²) in [4.78, 5) is 15.9. The monoisotopic (exact) mass is 267 g/mol. The van der Waals surface area contributed by atoms with Gasteiger partial charge >= 0.3 is 6.09 Å². The normalized spacial score (nSPS) is 14.8. The zero-order valence-electron chi connectivity index (χ0n) is 12.7. The van der Waals surface area contributed by atoms with Crippen LogP contribution in [-0.4, -0.2) is 21.2 Å². The summed E-state index contributed by atoms with van der Waals surface area (Å²) in [5, 5.41) is 2.84. The molecule has 0 fully saturated rings. The average Bonchev–Trinajstić information content (AvgIpc) is 2.73. The third-order valence-corrected chi connectivity index (χ3v) is 2.94. The first-order valence-electron chi connectivity index (χ1n) is 6.75. The SMILES string of the molecule is CCC(C)n1cncc1[C@H](C)NC(=O)OC(C)(C)C. The number of rotatable bonds is 4. The topological polar surface area (TPSA) is 56.2 Å². The average molecular weight is 267 g/mol. The van der Waals surface area contributed by atoms with E-state index in [1.54, 1.807) is 12.5 Å². The number of imidazole rings is 1. The minimum absolute atomic E-state index is 0.133. The Kier molecular flexibility index (Phi) is 4.97. The highest BCUT2D eigenvalue weighted by molar-refractivity contribution is 5.68. The van der Waals surface area contributed by atoms with Gasteiger partial charge in [-0.3, -0.25) is 0 Å². The molecule has 0 aromatic carbocycles. The quantitative estimate of drug-likeness (QED) is 0.909. The molecular weight excluding hydrogens is 242 g/mol. The lowest BCUT2D eigenvalue weighted by Crippen LogP contribution is -2.34. The van der Waals surface area contributed by atoms with E-state index in [0.29, 0.717) is 6.04 Å². The molecule has 1 aromatic rings. The van der Waals surface area contributed by atoms with Crippen LogP contribution >= 0.6 is 0 Å². The van der Waals surface area contributed by atoms with Crippen molar-refractivity contribution in [2.75, 3.05) is 0 Å². The Bertz CT molecular complexity index is 421. The summed E-state index contributed by atoms with van der Waals surface area (Å²) < 4.78 is 7.34. The minimum Gasteiger partial charge on any atom is -0.444 e. The molecule has 1 rings (SSSR count). The molecule has 19 heavy (non-hydrogen) atoms. The number of amides is 1. The van der Waals surface area contributed by atoms with Crippen LogP contribution in [0.2, 0.25) is 0 Å². The van der Waals surface area contributed by atoms with Gasteiger partial charge in [-0.15, -0.1) is 0 Å². The predicted octanol–water partition coefficient (Wildman–Crippen LogP) is 3.44. The maximum absolute atomic E-state index is 11.8. The number of nitrogens with one attached hydrogen (secondary N) is 1. The van der Waals surface area contributed by atoms with Crippen molar-refractivity contribution in [3.63, 3.8) is 0 Å². The molecule has 5 heteroatoms. The second kappa shape index (κ2) is 6.08. The fourth-order valence-corrected chi connectivity index (χ4v) is 1.77. The van der Waals surface area contributed by atoms with Crippen LogP contribution < -0.4 is 5.32 Å². The molecule has 0 radical (unpaired) electrons. The Morgan fingerprint density at radius 2 is 2.11 bits per heavy atom. The number of ether oxygens (including phenoxy) is 1. The molecule has 1 aromatic heterocycles. The van der Waals surface area contributed by atoms with Crippen LogP contribution in [0.15, 0.2) is 12.5 Å². The summed E-state index contributed by atoms with van der Waals surface area (Å²) >= 11 is 0. The molecule has 2 atom stereocenters. The van der Waals surface area contributed by atoms with Gasteiger partial charge in [-0.1, -0.05) is 6.92 Å². The molecule has 0 bridgehead atoms. The van der Waals surface area contributed by atoms with Crippen molar-refractivity contribution >= 4 is 6.09 Å². The van der Waals surface area contributed by atoms with Crippen molar-refractivity contribution < 1.29 is 9.53 Å². The Morgan fingerprint density at radius 1 is 1.47 bits per heavy atom. The molecule has 1 N–H and O–H groups in total. The Hall–Kier alpha value is -1.52. The molecule has 1 amide bonds. The number of aromatic nitrogens is 2. The van der Waals surface area contributed by atoms with E-state index in [1.807, 2.05) is 27.7 Å². The number of carbonyl (C=O) groups is 1. The van der Waals surface area contributed by atoms with E-state index in [-0.39, 0.29) is 6.04 Å². The smallest absolute Gasteiger partial charge is 0.408 e. The first kappa shape index (κ1) is 15.5. The maximum atomic E-state index is 11.8. The first-order valence-corrected chi connectivity index (χ1v) is 6.75. The van der Waals surface area contributed by atoms with Gasteiger partial charge in [0.25, 0.3) is 0 Å². The van der Waals surface area contributed by atoms with Crippen LogP contribution in [0.4, 0.5) is 4.79 Å². The molecule has 1 heterocycles. The van der Waals surface area contributed by atoms with Gasteiger partial charge in [0.1, 0.15) is 5.60 Å². The van der Waals surface area contributed by atoms with Crippen molar-refractivity contribution in [1.29, 1.82) is 0 Å². The van der Waals surface area contributed by atoms with E-state index in [0.717, 1.165) is 12.1 Å². The molecule has 0 spiro atoms. The van der Waals surface area contributed by atoms with Gasteiger partial charge in [0.05, 0.1) is 24.3 Å². The molecule has 5 nitrogen and oxygen atoms in total. The highest BCUT2D eigenvalue weighted by Gasteiger charge is 2.20. The number of alkyl carbamates (subject to hydrolysis) is 1. The molecule has 0 saturated carbocycles. The van der Waals surface area contributed by atoms with Gasteiger partial charge in [-0.2, -0.15) is 0 Å². The zero-order chi connectivity index (χ0) is 14.6. The lowest BCUT2D eigenvalue weighted by atomic mass is 10.2. The highest BCUT2D eigenvalue weighted by Crippen LogP contribution is 2.19. The van der Waals surface area contributed by atoms with Crippen LogP contribution in [0.1, 0.15) is 65.7 Å². The van der Waals surface area contributed by atoms with Gasteiger partial charge in [0.15, 0.2) is 0 Å². The van der Waals surface area contributed by atoms with Crippen molar-refractivity contribution in [3.8, 4) is 0 Å². The van der Waals surface area contributed by atoms with E-state index < -0.39 is 11.7 Å². The van der Waals surface area contributed by atoms with E-state index in [2.05, 4.69) is 28.7 Å². The molecule has 0 aliphatic rings. The second-order valence-corrected chi connectivity index (χ2v) is 5.85. The van der Waals surface area contributed by atoms with Crippen molar-refractivity contribution in [1.82, 2.24) is 14.9 Å². The first-order chi connectivity index (χ1) is 8.74. The van der Waals surface area contributed by atoms with Gasteiger partial charge in [-0.05, 0) is 41.0 Å². The second-order valence-electron chi connectivity index (χ2n) is 5.85. The van der Waals surface area contributed by atoms with E-state index in [4.69, 9.17) is 4.74 Å². The third-order valence-electron chi connectivity index (χ3n) is 2.94. The van der Waals surface area contributed by atoms with Crippen LogP contribution in [0.25, 0.3) is 0 Å². The molecule has 1 unspecified atom stereocenters. The van der Waals surface area contributed by atoms with E-state index in [1.165, 1.54) is 0 Å². The van der Waals surface area contributed by atoms with E-state index in [9.17, 15) is 4.79 Å². The third kappa shape index (κ3) is 4.58. The fourth-order valence-electron chi connectivity index (χ4n) is 1.77. The van der Waals surface area contributed by atoms with Gasteiger partial charge in [0.2, 0.25) is 0 Å². The van der Waals surface area contributed by atoms with Gasteiger partial charge in [-0.25, -0.2) is 9.78 Å². The van der Waals surface area contributed by atoms with Crippen LogP contribution in [0.3, 0.4) is 0 Å². The van der Waals surface area contributed by atoms with E-state index >= 15 is 0 Å². The summed E-state index contributed by atoms with van der Waals surface area (Å²) in [6, 6.07) is 0.228. The Morgan fingerprint density at radius 3 is 2.63 bits per heavy atom.